The summed E-state index contributed by atoms with van der Waals surface area (Å²) in [6.45, 7) is 0.271. The van der Waals surface area contributed by atoms with E-state index >= 15 is 0 Å². The topological polar surface area (TPSA) is 60.9 Å². The lowest BCUT2D eigenvalue weighted by Gasteiger charge is -2.06. The molecule has 2 aromatic heterocycles. The maximum absolute atomic E-state index is 11.8. The fourth-order valence-corrected chi connectivity index (χ4v) is 2.26. The Kier molecular flexibility index (Phi) is 3.77. The molecule has 0 aliphatic rings. The third-order valence-electron chi connectivity index (χ3n) is 2.93. The first kappa shape index (κ1) is 13.9. The minimum absolute atomic E-state index is 0.271. The highest BCUT2D eigenvalue weighted by Crippen LogP contribution is 2.25. The van der Waals surface area contributed by atoms with Crippen LogP contribution in [0.1, 0.15) is 5.56 Å². The molecule has 0 amide bonds. The van der Waals surface area contributed by atoms with Crippen molar-refractivity contribution >= 4 is 23.2 Å². The second-order valence-corrected chi connectivity index (χ2v) is 5.12. The number of benzene rings is 1. The number of hydrogen-bond donors (Lipinski definition) is 0. The van der Waals surface area contributed by atoms with Gasteiger partial charge >= 0.3 is 5.76 Å². The quantitative estimate of drug-likeness (QED) is 0.695. The third kappa shape index (κ3) is 2.84. The molecule has 0 atom stereocenters. The van der Waals surface area contributed by atoms with Gasteiger partial charge in [-0.15, -0.1) is 0 Å². The molecule has 0 saturated carbocycles. The van der Waals surface area contributed by atoms with Gasteiger partial charge in [0.25, 0.3) is 0 Å². The lowest BCUT2D eigenvalue weighted by molar-refractivity contribution is 0.378. The van der Waals surface area contributed by atoms with Crippen molar-refractivity contribution in [1.82, 2.24) is 14.7 Å². The zero-order chi connectivity index (χ0) is 14.8. The number of nitrogens with zero attached hydrogens (tertiary/aromatic N) is 3. The maximum atomic E-state index is 11.8. The van der Waals surface area contributed by atoms with E-state index in [1.165, 1.54) is 4.57 Å². The molecule has 3 aromatic rings. The predicted octanol–water partition coefficient (Wildman–Crippen LogP) is 3.25. The van der Waals surface area contributed by atoms with E-state index < -0.39 is 5.76 Å². The lowest BCUT2D eigenvalue weighted by Crippen LogP contribution is -2.16. The SMILES string of the molecule is O=c1onc(-c2ccccc2Cl)n1Cc1ccc(Cl)nc1. The largest absolute Gasteiger partial charge is 0.442 e. The molecule has 0 radical (unpaired) electrons. The van der Waals surface area contributed by atoms with E-state index in [-0.39, 0.29) is 6.54 Å². The molecule has 3 rings (SSSR count). The predicted molar refractivity (Wildman–Crippen MR) is 79.6 cm³/mol. The number of rotatable bonds is 3. The Morgan fingerprint density at radius 3 is 2.67 bits per heavy atom. The average molecular weight is 322 g/mol. The standard InChI is InChI=1S/C14H9Cl2N3O2/c15-11-4-2-1-3-10(11)13-18-21-14(20)19(13)8-9-5-6-12(16)17-7-9/h1-7H,8H2. The molecular weight excluding hydrogens is 313 g/mol. The van der Waals surface area contributed by atoms with Gasteiger partial charge in [0.1, 0.15) is 5.15 Å². The van der Waals surface area contributed by atoms with E-state index in [0.717, 1.165) is 5.56 Å². The van der Waals surface area contributed by atoms with E-state index in [1.54, 1.807) is 36.5 Å². The first-order valence-corrected chi connectivity index (χ1v) is 6.82. The zero-order valence-electron chi connectivity index (χ0n) is 10.7. The maximum Gasteiger partial charge on any atom is 0.442 e. The van der Waals surface area contributed by atoms with Crippen LogP contribution >= 0.6 is 23.2 Å². The molecular formula is C14H9Cl2N3O2. The van der Waals surface area contributed by atoms with E-state index in [9.17, 15) is 4.79 Å². The normalized spacial score (nSPS) is 10.8. The molecule has 0 saturated heterocycles. The van der Waals surface area contributed by atoms with Crippen LogP contribution in [0.25, 0.3) is 11.4 Å². The smallest absolute Gasteiger partial charge is 0.295 e. The second kappa shape index (κ2) is 5.71. The van der Waals surface area contributed by atoms with E-state index in [0.29, 0.717) is 21.6 Å². The highest BCUT2D eigenvalue weighted by atomic mass is 35.5. The molecule has 1 aromatic carbocycles. The minimum Gasteiger partial charge on any atom is -0.295 e. The highest BCUT2D eigenvalue weighted by Gasteiger charge is 2.15. The van der Waals surface area contributed by atoms with Gasteiger partial charge < -0.3 is 0 Å². The van der Waals surface area contributed by atoms with Crippen molar-refractivity contribution in [2.75, 3.05) is 0 Å². The summed E-state index contributed by atoms with van der Waals surface area (Å²) in [6.07, 6.45) is 1.60. The Morgan fingerprint density at radius 1 is 1.14 bits per heavy atom. The molecule has 0 aliphatic heterocycles. The molecule has 2 heterocycles. The van der Waals surface area contributed by atoms with Crippen LogP contribution in [0.5, 0.6) is 0 Å². The summed E-state index contributed by atoms with van der Waals surface area (Å²) in [5.74, 6) is -0.180. The second-order valence-electron chi connectivity index (χ2n) is 4.33. The first-order valence-electron chi connectivity index (χ1n) is 6.07. The molecule has 0 N–H and O–H groups in total. The van der Waals surface area contributed by atoms with E-state index in [2.05, 4.69) is 10.1 Å². The van der Waals surface area contributed by atoms with Crippen LogP contribution in [-0.4, -0.2) is 14.7 Å². The van der Waals surface area contributed by atoms with Gasteiger partial charge in [-0.25, -0.2) is 9.78 Å². The molecule has 5 nitrogen and oxygen atoms in total. The van der Waals surface area contributed by atoms with Crippen LogP contribution in [0.4, 0.5) is 0 Å². The van der Waals surface area contributed by atoms with Crippen LogP contribution in [0.3, 0.4) is 0 Å². The van der Waals surface area contributed by atoms with Gasteiger partial charge in [0.2, 0.25) is 0 Å². The van der Waals surface area contributed by atoms with Crippen molar-refractivity contribution in [2.45, 2.75) is 6.54 Å². The number of halogens is 2. The highest BCUT2D eigenvalue weighted by molar-refractivity contribution is 6.33. The molecule has 21 heavy (non-hydrogen) atoms. The van der Waals surface area contributed by atoms with Crippen LogP contribution in [0.2, 0.25) is 10.2 Å². The summed E-state index contributed by atoms with van der Waals surface area (Å²) < 4.78 is 6.15. The van der Waals surface area contributed by atoms with Crippen LogP contribution < -0.4 is 5.76 Å². The summed E-state index contributed by atoms with van der Waals surface area (Å²) in [5.41, 5.74) is 1.44. The van der Waals surface area contributed by atoms with Crippen molar-refractivity contribution < 1.29 is 4.52 Å². The lowest BCUT2D eigenvalue weighted by atomic mass is 10.2. The number of aromatic nitrogens is 3. The summed E-state index contributed by atoms with van der Waals surface area (Å²) >= 11 is 11.9. The average Bonchev–Trinajstić information content (AvgIpc) is 2.83. The zero-order valence-corrected chi connectivity index (χ0v) is 12.2. The Bertz CT molecular complexity index is 825. The molecule has 0 aliphatic carbocycles. The summed E-state index contributed by atoms with van der Waals surface area (Å²) in [4.78, 5) is 15.8. The van der Waals surface area contributed by atoms with Gasteiger partial charge in [-0.1, -0.05) is 46.6 Å². The van der Waals surface area contributed by atoms with Crippen molar-refractivity contribution in [2.24, 2.45) is 0 Å². The van der Waals surface area contributed by atoms with Gasteiger partial charge in [0.05, 0.1) is 11.6 Å². The minimum atomic E-state index is -0.556. The molecule has 0 spiro atoms. The van der Waals surface area contributed by atoms with Gasteiger partial charge in [0, 0.05) is 11.8 Å². The van der Waals surface area contributed by atoms with Crippen molar-refractivity contribution in [3.63, 3.8) is 0 Å². The fourth-order valence-electron chi connectivity index (χ4n) is 1.93. The molecule has 7 heteroatoms. The Labute approximate surface area is 129 Å². The Morgan fingerprint density at radius 2 is 1.95 bits per heavy atom. The number of pyridine rings is 1. The fraction of sp³-hybridized carbons (Fsp3) is 0.0714. The van der Waals surface area contributed by atoms with Gasteiger partial charge in [-0.3, -0.25) is 9.09 Å². The molecule has 0 bridgehead atoms. The van der Waals surface area contributed by atoms with Crippen LogP contribution in [-0.2, 0) is 6.54 Å². The molecule has 0 fully saturated rings. The van der Waals surface area contributed by atoms with Crippen molar-refractivity contribution in [3.8, 4) is 11.4 Å². The molecule has 0 unspecified atom stereocenters. The van der Waals surface area contributed by atoms with Crippen LogP contribution in [0, 0.1) is 0 Å². The van der Waals surface area contributed by atoms with Gasteiger partial charge in [-0.05, 0) is 23.8 Å². The Balaban J connectivity index is 2.04. The number of hydrogen-bond acceptors (Lipinski definition) is 4. The third-order valence-corrected chi connectivity index (χ3v) is 3.48. The van der Waals surface area contributed by atoms with Gasteiger partial charge in [-0.2, -0.15) is 0 Å². The van der Waals surface area contributed by atoms with E-state index in [4.69, 9.17) is 27.7 Å². The van der Waals surface area contributed by atoms with Gasteiger partial charge in [0.15, 0.2) is 5.82 Å². The van der Waals surface area contributed by atoms with Crippen molar-refractivity contribution in [1.29, 1.82) is 0 Å². The monoisotopic (exact) mass is 321 g/mol. The van der Waals surface area contributed by atoms with E-state index in [1.807, 2.05) is 6.07 Å². The first-order chi connectivity index (χ1) is 10.1. The van der Waals surface area contributed by atoms with Crippen molar-refractivity contribution in [3.05, 3.63) is 68.9 Å². The summed E-state index contributed by atoms with van der Waals surface area (Å²) in [6, 6.07) is 10.6. The Hall–Kier alpha value is -2.11. The molecule has 106 valence electrons. The summed E-state index contributed by atoms with van der Waals surface area (Å²) in [5, 5.41) is 4.69. The van der Waals surface area contributed by atoms with Crippen LogP contribution in [0.15, 0.2) is 51.9 Å². The summed E-state index contributed by atoms with van der Waals surface area (Å²) in [7, 11) is 0.